The highest BCUT2D eigenvalue weighted by atomic mass is 32.2. The van der Waals surface area contributed by atoms with Crippen molar-refractivity contribution in [3.05, 3.63) is 48.0 Å². The molecule has 1 aliphatic rings. The molecule has 0 saturated carbocycles. The predicted octanol–water partition coefficient (Wildman–Crippen LogP) is 2.32. The third-order valence-electron chi connectivity index (χ3n) is 3.31. The van der Waals surface area contributed by atoms with Gasteiger partial charge in [-0.2, -0.15) is 5.26 Å². The van der Waals surface area contributed by atoms with E-state index in [0.717, 1.165) is 5.56 Å². The van der Waals surface area contributed by atoms with Crippen LogP contribution in [0.3, 0.4) is 0 Å². The zero-order valence-electron chi connectivity index (χ0n) is 12.2. The monoisotopic (exact) mass is 330 g/mol. The number of fused-ring (bicyclic) bond motifs is 1. The Morgan fingerprint density at radius 2 is 1.74 bits per heavy atom. The van der Waals surface area contributed by atoms with Crippen molar-refractivity contribution < 1.29 is 17.9 Å². The summed E-state index contributed by atoms with van der Waals surface area (Å²) in [6, 6.07) is 13.2. The molecule has 0 aliphatic carbocycles. The summed E-state index contributed by atoms with van der Waals surface area (Å²) in [7, 11) is -3.72. The van der Waals surface area contributed by atoms with Crippen LogP contribution in [0.15, 0.2) is 47.4 Å². The van der Waals surface area contributed by atoms with Gasteiger partial charge in [-0.1, -0.05) is 12.1 Å². The van der Waals surface area contributed by atoms with Gasteiger partial charge in [0.1, 0.15) is 13.2 Å². The number of benzene rings is 2. The fourth-order valence-electron chi connectivity index (χ4n) is 2.19. The van der Waals surface area contributed by atoms with Gasteiger partial charge in [0, 0.05) is 11.8 Å². The lowest BCUT2D eigenvalue weighted by molar-refractivity contribution is 0.171. The van der Waals surface area contributed by atoms with Crippen molar-refractivity contribution in [2.75, 3.05) is 17.9 Å². The van der Waals surface area contributed by atoms with Crippen LogP contribution in [-0.2, 0) is 16.4 Å². The Hall–Kier alpha value is -2.72. The molecule has 0 atom stereocenters. The average molecular weight is 330 g/mol. The average Bonchev–Trinajstić information content (AvgIpc) is 2.56. The number of anilines is 1. The lowest BCUT2D eigenvalue weighted by Gasteiger charge is -2.19. The molecule has 2 aromatic carbocycles. The Morgan fingerprint density at radius 1 is 1.04 bits per heavy atom. The molecule has 0 amide bonds. The number of nitrogens with one attached hydrogen (secondary N) is 1. The molecule has 118 valence electrons. The minimum absolute atomic E-state index is 0.0999. The number of hydrogen-bond donors (Lipinski definition) is 1. The highest BCUT2D eigenvalue weighted by molar-refractivity contribution is 7.92. The van der Waals surface area contributed by atoms with Gasteiger partial charge in [-0.05, 0) is 29.8 Å². The fourth-order valence-corrected chi connectivity index (χ4v) is 3.26. The number of hydrogen-bond acceptors (Lipinski definition) is 5. The Bertz CT molecular complexity index is 855. The quantitative estimate of drug-likeness (QED) is 0.929. The normalized spacial score (nSPS) is 13.2. The Morgan fingerprint density at radius 3 is 2.43 bits per heavy atom. The van der Waals surface area contributed by atoms with E-state index >= 15 is 0 Å². The minimum atomic E-state index is -3.72. The van der Waals surface area contributed by atoms with Gasteiger partial charge in [-0.25, -0.2) is 8.42 Å². The van der Waals surface area contributed by atoms with Crippen molar-refractivity contribution in [3.63, 3.8) is 0 Å². The Kier molecular flexibility index (Phi) is 4.08. The molecule has 0 radical (unpaired) electrons. The van der Waals surface area contributed by atoms with Crippen molar-refractivity contribution >= 4 is 15.7 Å². The summed E-state index contributed by atoms with van der Waals surface area (Å²) in [6.07, 6.45) is 0.287. The number of sulfonamides is 1. The van der Waals surface area contributed by atoms with Gasteiger partial charge in [-0.15, -0.1) is 0 Å². The van der Waals surface area contributed by atoms with Crippen LogP contribution in [0.5, 0.6) is 11.5 Å². The van der Waals surface area contributed by atoms with Gasteiger partial charge in [0.15, 0.2) is 11.5 Å². The van der Waals surface area contributed by atoms with Crippen LogP contribution in [0.4, 0.5) is 5.69 Å². The SMILES string of the molecule is N#CCc1ccc(NS(=O)(=O)c2ccc3c(c2)OCCO3)cc1. The van der Waals surface area contributed by atoms with E-state index in [1.165, 1.54) is 12.1 Å². The van der Waals surface area contributed by atoms with E-state index in [4.69, 9.17) is 14.7 Å². The first kappa shape index (κ1) is 15.2. The second-order valence-electron chi connectivity index (χ2n) is 4.94. The molecule has 1 aliphatic heterocycles. The largest absolute Gasteiger partial charge is 0.486 e. The van der Waals surface area contributed by atoms with Crippen LogP contribution in [-0.4, -0.2) is 21.6 Å². The molecule has 3 rings (SSSR count). The van der Waals surface area contributed by atoms with Crippen molar-refractivity contribution in [1.29, 1.82) is 5.26 Å². The van der Waals surface area contributed by atoms with Crippen molar-refractivity contribution in [2.45, 2.75) is 11.3 Å². The third-order valence-corrected chi connectivity index (χ3v) is 4.69. The van der Waals surface area contributed by atoms with Crippen molar-refractivity contribution in [1.82, 2.24) is 0 Å². The van der Waals surface area contributed by atoms with Gasteiger partial charge in [0.2, 0.25) is 0 Å². The van der Waals surface area contributed by atoms with E-state index in [2.05, 4.69) is 4.72 Å². The summed E-state index contributed by atoms with van der Waals surface area (Å²) in [5.74, 6) is 0.958. The molecular formula is C16H14N2O4S. The summed E-state index contributed by atoms with van der Waals surface area (Å²) in [6.45, 7) is 0.844. The summed E-state index contributed by atoms with van der Waals surface area (Å²) < 4.78 is 38.2. The van der Waals surface area contributed by atoms with Crippen molar-refractivity contribution in [2.24, 2.45) is 0 Å². The smallest absolute Gasteiger partial charge is 0.262 e. The van der Waals surface area contributed by atoms with E-state index in [-0.39, 0.29) is 11.3 Å². The standard InChI is InChI=1S/C16H14N2O4S/c17-8-7-12-1-3-13(4-2-12)18-23(19,20)14-5-6-15-16(11-14)22-10-9-21-15/h1-6,11,18H,7,9-10H2. The molecule has 1 heterocycles. The van der Waals surface area contributed by atoms with Gasteiger partial charge >= 0.3 is 0 Å². The lowest BCUT2D eigenvalue weighted by Crippen LogP contribution is -2.17. The molecule has 2 aromatic rings. The zero-order chi connectivity index (χ0) is 16.3. The van der Waals surface area contributed by atoms with Crippen molar-refractivity contribution in [3.8, 4) is 17.6 Å². The number of nitrogens with zero attached hydrogens (tertiary/aromatic N) is 1. The predicted molar refractivity (Wildman–Crippen MR) is 84.0 cm³/mol. The first-order valence-corrected chi connectivity index (χ1v) is 8.45. The van der Waals surface area contributed by atoms with Gasteiger partial charge in [-0.3, -0.25) is 4.72 Å². The highest BCUT2D eigenvalue weighted by Crippen LogP contribution is 2.32. The van der Waals surface area contributed by atoms with E-state index in [9.17, 15) is 8.42 Å². The molecule has 0 saturated heterocycles. The summed E-state index contributed by atoms with van der Waals surface area (Å²) >= 11 is 0. The Balaban J connectivity index is 1.82. The second-order valence-corrected chi connectivity index (χ2v) is 6.63. The summed E-state index contributed by atoms with van der Waals surface area (Å²) in [4.78, 5) is 0.0999. The number of ether oxygens (including phenoxy) is 2. The van der Waals surface area contributed by atoms with E-state index in [1.54, 1.807) is 30.3 Å². The maximum absolute atomic E-state index is 12.4. The lowest BCUT2D eigenvalue weighted by atomic mass is 10.1. The van der Waals surface area contributed by atoms with Crippen LogP contribution < -0.4 is 14.2 Å². The van der Waals surface area contributed by atoms with E-state index in [1.807, 2.05) is 6.07 Å². The van der Waals surface area contributed by atoms with Crippen LogP contribution in [0, 0.1) is 11.3 Å². The maximum atomic E-state index is 12.4. The molecular weight excluding hydrogens is 316 g/mol. The molecule has 1 N–H and O–H groups in total. The van der Waals surface area contributed by atoms with Gasteiger partial charge in [0.05, 0.1) is 17.4 Å². The van der Waals surface area contributed by atoms with Crippen LogP contribution >= 0.6 is 0 Å². The first-order valence-electron chi connectivity index (χ1n) is 6.97. The first-order chi connectivity index (χ1) is 11.1. The van der Waals surface area contributed by atoms with Crippen LogP contribution in [0.25, 0.3) is 0 Å². The molecule has 7 heteroatoms. The fraction of sp³-hybridized carbons (Fsp3) is 0.188. The van der Waals surface area contributed by atoms with Gasteiger partial charge < -0.3 is 9.47 Å². The molecule has 0 spiro atoms. The molecule has 0 fully saturated rings. The van der Waals surface area contributed by atoms with Gasteiger partial charge in [0.25, 0.3) is 10.0 Å². The molecule has 6 nitrogen and oxygen atoms in total. The molecule has 0 bridgehead atoms. The topological polar surface area (TPSA) is 88.4 Å². The second kappa shape index (κ2) is 6.18. The maximum Gasteiger partial charge on any atom is 0.262 e. The summed E-state index contributed by atoms with van der Waals surface area (Å²) in [5.41, 5.74) is 1.26. The summed E-state index contributed by atoms with van der Waals surface area (Å²) in [5, 5.41) is 8.64. The van der Waals surface area contributed by atoms with Crippen LogP contribution in [0.2, 0.25) is 0 Å². The zero-order valence-corrected chi connectivity index (χ0v) is 13.0. The molecule has 23 heavy (non-hydrogen) atoms. The minimum Gasteiger partial charge on any atom is -0.486 e. The highest BCUT2D eigenvalue weighted by Gasteiger charge is 2.19. The van der Waals surface area contributed by atoms with Crippen LogP contribution in [0.1, 0.15) is 5.56 Å². The molecule has 0 unspecified atom stereocenters. The number of rotatable bonds is 4. The third kappa shape index (κ3) is 3.38. The Labute approximate surface area is 134 Å². The molecule has 0 aromatic heterocycles. The van der Waals surface area contributed by atoms with E-state index in [0.29, 0.717) is 30.4 Å². The number of nitriles is 1. The van der Waals surface area contributed by atoms with E-state index < -0.39 is 10.0 Å².